The highest BCUT2D eigenvalue weighted by molar-refractivity contribution is 7.17. The number of ether oxygens (including phenoxy) is 1. The summed E-state index contributed by atoms with van der Waals surface area (Å²) in [5.41, 5.74) is 1.98. The first kappa shape index (κ1) is 23.9. The Labute approximate surface area is 180 Å². The Kier molecular flexibility index (Phi) is 9.19. The van der Waals surface area contributed by atoms with Crippen LogP contribution in [-0.2, 0) is 22.4 Å². The molecule has 1 unspecified atom stereocenters. The topological polar surface area (TPSA) is 55.4 Å². The maximum absolute atomic E-state index is 12.5. The molecule has 0 saturated heterocycles. The van der Waals surface area contributed by atoms with E-state index in [0.717, 1.165) is 44.1 Å². The molecule has 1 amide bonds. The van der Waals surface area contributed by atoms with Crippen LogP contribution in [0, 0.1) is 11.3 Å². The number of unbranched alkanes of at least 4 members (excludes halogenated alkanes) is 5. The van der Waals surface area contributed by atoms with Crippen molar-refractivity contribution in [2.45, 2.75) is 98.3 Å². The van der Waals surface area contributed by atoms with E-state index in [0.29, 0.717) is 22.9 Å². The number of carbonyl (C=O) groups excluding carboxylic acids is 2. The Balaban J connectivity index is 2.06. The lowest BCUT2D eigenvalue weighted by atomic mass is 9.69. The molecule has 4 nitrogen and oxygen atoms in total. The van der Waals surface area contributed by atoms with Gasteiger partial charge in [0.15, 0.2) is 0 Å². The molecule has 0 aromatic carbocycles. The van der Waals surface area contributed by atoms with Crippen molar-refractivity contribution in [2.24, 2.45) is 11.3 Å². The first-order chi connectivity index (χ1) is 13.8. The maximum Gasteiger partial charge on any atom is 0.341 e. The zero-order valence-corrected chi connectivity index (χ0v) is 19.8. The lowest BCUT2D eigenvalue weighted by Crippen LogP contribution is -2.28. The highest BCUT2D eigenvalue weighted by Gasteiger charge is 2.35. The summed E-state index contributed by atoms with van der Waals surface area (Å²) in [6.45, 7) is 9.12. The Morgan fingerprint density at radius 3 is 2.48 bits per heavy atom. The smallest absolute Gasteiger partial charge is 0.341 e. The molecule has 1 aromatic heterocycles. The number of esters is 1. The van der Waals surface area contributed by atoms with E-state index in [9.17, 15) is 9.59 Å². The van der Waals surface area contributed by atoms with Gasteiger partial charge >= 0.3 is 5.97 Å². The van der Waals surface area contributed by atoms with E-state index in [4.69, 9.17) is 4.74 Å². The molecular weight excluding hydrogens is 382 g/mol. The molecule has 0 fully saturated rings. The lowest BCUT2D eigenvalue weighted by Gasteiger charge is -2.36. The predicted molar refractivity (Wildman–Crippen MR) is 122 cm³/mol. The number of rotatable bonds is 11. The van der Waals surface area contributed by atoms with Crippen molar-refractivity contribution in [2.75, 3.05) is 12.4 Å². The fourth-order valence-electron chi connectivity index (χ4n) is 4.20. The Hall–Kier alpha value is -1.36. The summed E-state index contributed by atoms with van der Waals surface area (Å²) < 4.78 is 5.05. The summed E-state index contributed by atoms with van der Waals surface area (Å²) in [5.74, 6) is 0.288. The van der Waals surface area contributed by atoms with Crippen molar-refractivity contribution in [1.82, 2.24) is 0 Å². The first-order valence-electron chi connectivity index (χ1n) is 11.4. The molecule has 29 heavy (non-hydrogen) atoms. The molecule has 1 atom stereocenters. The molecular formula is C24H39NO3S. The van der Waals surface area contributed by atoms with Gasteiger partial charge in [0.05, 0.1) is 12.7 Å². The number of carbonyl (C=O) groups is 2. The van der Waals surface area contributed by atoms with Crippen LogP contribution in [0.2, 0.25) is 0 Å². The number of fused-ring (bicyclic) bond motifs is 1. The maximum atomic E-state index is 12.5. The minimum Gasteiger partial charge on any atom is -0.465 e. The second-order valence-corrected chi connectivity index (χ2v) is 10.2. The molecule has 1 aromatic rings. The molecule has 0 saturated carbocycles. The minimum absolute atomic E-state index is 0.00896. The number of hydrogen-bond acceptors (Lipinski definition) is 4. The first-order valence-corrected chi connectivity index (χ1v) is 12.2. The molecule has 2 rings (SSSR count). The van der Waals surface area contributed by atoms with E-state index in [2.05, 4.69) is 33.0 Å². The number of nitrogens with one attached hydrogen (secondary N) is 1. The van der Waals surface area contributed by atoms with Crippen LogP contribution >= 0.6 is 11.3 Å². The van der Waals surface area contributed by atoms with Crippen LogP contribution in [-0.4, -0.2) is 19.0 Å². The number of anilines is 1. The zero-order valence-electron chi connectivity index (χ0n) is 19.0. The standard InChI is InChI=1S/C24H39NO3S/c1-6-8-9-10-11-12-13-20(26)25-22-21(23(27)28-5)18-15-14-17(16-19(18)29-22)24(3,4)7-2/h17H,6-16H2,1-5H3,(H,25,26). The van der Waals surface area contributed by atoms with Crippen molar-refractivity contribution in [3.63, 3.8) is 0 Å². The lowest BCUT2D eigenvalue weighted by molar-refractivity contribution is -0.116. The van der Waals surface area contributed by atoms with E-state index in [1.807, 2.05) is 0 Å². The summed E-state index contributed by atoms with van der Waals surface area (Å²) in [4.78, 5) is 26.2. The summed E-state index contributed by atoms with van der Waals surface area (Å²) in [6.07, 6.45) is 11.5. The fraction of sp³-hybridized carbons (Fsp3) is 0.750. The Bertz CT molecular complexity index is 693. The third kappa shape index (κ3) is 6.31. The second kappa shape index (κ2) is 11.1. The van der Waals surface area contributed by atoms with Gasteiger partial charge in [-0.2, -0.15) is 0 Å². The van der Waals surface area contributed by atoms with Gasteiger partial charge in [-0.25, -0.2) is 4.79 Å². The molecule has 1 N–H and O–H groups in total. The summed E-state index contributed by atoms with van der Waals surface area (Å²) in [7, 11) is 1.42. The number of methoxy groups -OCH3 is 1. The number of amides is 1. The van der Waals surface area contributed by atoms with Crippen LogP contribution in [0.4, 0.5) is 5.00 Å². The Morgan fingerprint density at radius 1 is 1.14 bits per heavy atom. The number of hydrogen-bond donors (Lipinski definition) is 1. The van der Waals surface area contributed by atoms with Crippen LogP contribution in [0.5, 0.6) is 0 Å². The third-order valence-corrected chi connectivity index (χ3v) is 7.85. The second-order valence-electron chi connectivity index (χ2n) is 9.05. The Morgan fingerprint density at radius 2 is 1.83 bits per heavy atom. The zero-order chi connectivity index (χ0) is 21.4. The van der Waals surface area contributed by atoms with Gasteiger partial charge in [0.2, 0.25) is 5.91 Å². The van der Waals surface area contributed by atoms with Crippen LogP contribution in [0.25, 0.3) is 0 Å². The van der Waals surface area contributed by atoms with Crippen molar-refractivity contribution < 1.29 is 14.3 Å². The molecule has 0 radical (unpaired) electrons. The van der Waals surface area contributed by atoms with Gasteiger partial charge in [0.25, 0.3) is 0 Å². The van der Waals surface area contributed by atoms with E-state index < -0.39 is 0 Å². The van der Waals surface area contributed by atoms with E-state index >= 15 is 0 Å². The van der Waals surface area contributed by atoms with Gasteiger partial charge < -0.3 is 10.1 Å². The van der Waals surface area contributed by atoms with Crippen LogP contribution < -0.4 is 5.32 Å². The molecule has 0 spiro atoms. The molecule has 164 valence electrons. The highest BCUT2D eigenvalue weighted by Crippen LogP contribution is 2.45. The third-order valence-electron chi connectivity index (χ3n) is 6.68. The summed E-state index contributed by atoms with van der Waals surface area (Å²) >= 11 is 1.58. The summed E-state index contributed by atoms with van der Waals surface area (Å²) in [6, 6.07) is 0. The summed E-state index contributed by atoms with van der Waals surface area (Å²) in [5, 5.41) is 3.72. The van der Waals surface area contributed by atoms with Gasteiger partial charge in [0, 0.05) is 11.3 Å². The monoisotopic (exact) mass is 421 g/mol. The molecule has 0 aliphatic heterocycles. The van der Waals surface area contributed by atoms with Gasteiger partial charge in [-0.3, -0.25) is 4.79 Å². The van der Waals surface area contributed by atoms with Crippen LogP contribution in [0.1, 0.15) is 106 Å². The van der Waals surface area contributed by atoms with Crippen molar-refractivity contribution >= 4 is 28.2 Å². The average molecular weight is 422 g/mol. The SMILES string of the molecule is CCCCCCCCC(=O)Nc1sc2c(c1C(=O)OC)CCC(C(C)(C)CC)C2. The fourth-order valence-corrected chi connectivity index (χ4v) is 5.53. The van der Waals surface area contributed by atoms with Gasteiger partial charge in [-0.05, 0) is 42.6 Å². The van der Waals surface area contributed by atoms with E-state index in [1.165, 1.54) is 37.7 Å². The van der Waals surface area contributed by atoms with Crippen molar-refractivity contribution in [1.29, 1.82) is 0 Å². The largest absolute Gasteiger partial charge is 0.465 e. The van der Waals surface area contributed by atoms with Crippen LogP contribution in [0.3, 0.4) is 0 Å². The van der Waals surface area contributed by atoms with E-state index in [-0.39, 0.29) is 17.3 Å². The highest BCUT2D eigenvalue weighted by atomic mass is 32.1. The van der Waals surface area contributed by atoms with Crippen molar-refractivity contribution in [3.8, 4) is 0 Å². The minimum atomic E-state index is -0.328. The molecule has 1 aliphatic carbocycles. The van der Waals surface area contributed by atoms with Crippen LogP contribution in [0.15, 0.2) is 0 Å². The van der Waals surface area contributed by atoms with Gasteiger partial charge in [-0.1, -0.05) is 66.2 Å². The quantitative estimate of drug-likeness (QED) is 0.317. The van der Waals surface area contributed by atoms with Crippen molar-refractivity contribution in [3.05, 3.63) is 16.0 Å². The molecule has 0 bridgehead atoms. The van der Waals surface area contributed by atoms with E-state index in [1.54, 1.807) is 11.3 Å². The predicted octanol–water partition coefficient (Wildman–Crippen LogP) is 6.76. The van der Waals surface area contributed by atoms with Gasteiger partial charge in [-0.15, -0.1) is 11.3 Å². The molecule has 1 aliphatic rings. The normalized spacial score (nSPS) is 16.4. The molecule has 5 heteroatoms. The average Bonchev–Trinajstić information content (AvgIpc) is 3.06. The van der Waals surface area contributed by atoms with Gasteiger partial charge in [0.1, 0.15) is 5.00 Å². The number of thiophene rings is 1. The molecule has 1 heterocycles.